The van der Waals surface area contributed by atoms with Gasteiger partial charge in [-0.3, -0.25) is 0 Å². The van der Waals surface area contributed by atoms with Gasteiger partial charge >= 0.3 is 0 Å². The summed E-state index contributed by atoms with van der Waals surface area (Å²) in [5.41, 5.74) is 2.87. The lowest BCUT2D eigenvalue weighted by atomic mass is 9.79. The fourth-order valence-electron chi connectivity index (χ4n) is 2.16. The van der Waals surface area contributed by atoms with E-state index in [1.54, 1.807) is 7.11 Å². The van der Waals surface area contributed by atoms with Crippen molar-refractivity contribution < 1.29 is 4.74 Å². The van der Waals surface area contributed by atoms with E-state index >= 15 is 0 Å². The first kappa shape index (κ1) is 15.6. The molecule has 1 unspecified atom stereocenters. The maximum atomic E-state index is 5.19. The van der Waals surface area contributed by atoms with Gasteiger partial charge in [0.15, 0.2) is 0 Å². The van der Waals surface area contributed by atoms with Crippen LogP contribution in [0.25, 0.3) is 0 Å². The lowest BCUT2D eigenvalue weighted by molar-refractivity contribution is 0.391. The Balaban J connectivity index is 2.68. The summed E-state index contributed by atoms with van der Waals surface area (Å²) >= 11 is 0. The van der Waals surface area contributed by atoms with Crippen LogP contribution >= 0.6 is 0 Å². The van der Waals surface area contributed by atoms with Crippen molar-refractivity contribution in [1.29, 1.82) is 0 Å². The van der Waals surface area contributed by atoms with E-state index in [2.05, 4.69) is 51.6 Å². The Bertz CT molecular complexity index is 424. The monoisotopic (exact) mass is 258 g/mol. The molecule has 0 bridgehead atoms. The molecule has 0 aliphatic rings. The van der Waals surface area contributed by atoms with Crippen LogP contribution in [0.5, 0.6) is 5.75 Å². The standard InChI is InChI=1S/C18H26O/c1-6-18(4,13-7-8-15(2)3)14-16-9-11-17(19-5)12-10-16/h6,8-12H,1,7,13-14H2,2-5H3. The van der Waals surface area contributed by atoms with Gasteiger partial charge in [0.25, 0.3) is 0 Å². The molecule has 1 nitrogen and oxygen atoms in total. The average molecular weight is 258 g/mol. The molecule has 0 spiro atoms. The Morgan fingerprint density at radius 1 is 1.26 bits per heavy atom. The zero-order chi connectivity index (χ0) is 14.3. The highest BCUT2D eigenvalue weighted by Crippen LogP contribution is 2.30. The van der Waals surface area contributed by atoms with Crippen molar-refractivity contribution >= 4 is 0 Å². The molecule has 104 valence electrons. The summed E-state index contributed by atoms with van der Waals surface area (Å²) in [6.45, 7) is 10.6. The van der Waals surface area contributed by atoms with Crippen LogP contribution in [0.2, 0.25) is 0 Å². The molecule has 0 heterocycles. The summed E-state index contributed by atoms with van der Waals surface area (Å²) in [6, 6.07) is 8.33. The molecule has 0 aliphatic carbocycles. The number of hydrogen-bond acceptors (Lipinski definition) is 1. The molecule has 0 aromatic heterocycles. The number of methoxy groups -OCH3 is 1. The number of benzene rings is 1. The van der Waals surface area contributed by atoms with E-state index in [0.717, 1.165) is 25.0 Å². The normalized spacial score (nSPS) is 13.5. The molecule has 0 radical (unpaired) electrons. The van der Waals surface area contributed by atoms with E-state index < -0.39 is 0 Å². The van der Waals surface area contributed by atoms with Crippen LogP contribution in [-0.4, -0.2) is 7.11 Å². The van der Waals surface area contributed by atoms with Gasteiger partial charge in [-0.2, -0.15) is 0 Å². The van der Waals surface area contributed by atoms with Crippen molar-refractivity contribution in [1.82, 2.24) is 0 Å². The lowest BCUT2D eigenvalue weighted by Gasteiger charge is -2.25. The van der Waals surface area contributed by atoms with Crippen molar-refractivity contribution in [3.05, 3.63) is 54.1 Å². The van der Waals surface area contributed by atoms with Crippen LogP contribution in [0.3, 0.4) is 0 Å². The number of allylic oxidation sites excluding steroid dienone is 3. The van der Waals surface area contributed by atoms with Crippen LogP contribution in [-0.2, 0) is 6.42 Å². The fraction of sp³-hybridized carbons (Fsp3) is 0.444. The van der Waals surface area contributed by atoms with Crippen LogP contribution in [0.15, 0.2) is 48.6 Å². The van der Waals surface area contributed by atoms with E-state index in [1.165, 1.54) is 11.1 Å². The third-order valence-corrected chi connectivity index (χ3v) is 3.53. The highest BCUT2D eigenvalue weighted by Gasteiger charge is 2.19. The third kappa shape index (κ3) is 5.34. The van der Waals surface area contributed by atoms with Gasteiger partial charge in [0.2, 0.25) is 0 Å². The van der Waals surface area contributed by atoms with Gasteiger partial charge in [-0.15, -0.1) is 6.58 Å². The quantitative estimate of drug-likeness (QED) is 0.613. The van der Waals surface area contributed by atoms with Crippen molar-refractivity contribution in [3.8, 4) is 5.75 Å². The summed E-state index contributed by atoms with van der Waals surface area (Å²) in [7, 11) is 1.70. The van der Waals surface area contributed by atoms with Crippen molar-refractivity contribution in [2.75, 3.05) is 7.11 Å². The minimum Gasteiger partial charge on any atom is -0.497 e. The number of ether oxygens (including phenoxy) is 1. The maximum Gasteiger partial charge on any atom is 0.118 e. The summed E-state index contributed by atoms with van der Waals surface area (Å²) in [5.74, 6) is 0.911. The largest absolute Gasteiger partial charge is 0.497 e. The van der Waals surface area contributed by atoms with E-state index in [4.69, 9.17) is 4.74 Å². The van der Waals surface area contributed by atoms with Gasteiger partial charge in [-0.25, -0.2) is 0 Å². The molecule has 1 rings (SSSR count). The highest BCUT2D eigenvalue weighted by atomic mass is 16.5. The second kappa shape index (κ2) is 7.18. The topological polar surface area (TPSA) is 9.23 Å². The Labute approximate surface area is 118 Å². The van der Waals surface area contributed by atoms with Crippen molar-refractivity contribution in [3.63, 3.8) is 0 Å². The second-order valence-electron chi connectivity index (χ2n) is 5.70. The number of rotatable bonds is 7. The highest BCUT2D eigenvalue weighted by molar-refractivity contribution is 5.28. The predicted octanol–water partition coefficient (Wildman–Crippen LogP) is 5.18. The smallest absolute Gasteiger partial charge is 0.118 e. The molecule has 0 aliphatic heterocycles. The van der Waals surface area contributed by atoms with Crippen LogP contribution in [0, 0.1) is 5.41 Å². The molecule has 0 N–H and O–H groups in total. The molecular weight excluding hydrogens is 232 g/mol. The summed E-state index contributed by atoms with van der Waals surface area (Å²) in [5, 5.41) is 0. The van der Waals surface area contributed by atoms with Crippen LogP contribution < -0.4 is 4.74 Å². The Hall–Kier alpha value is -1.50. The van der Waals surface area contributed by atoms with Gasteiger partial charge in [0.05, 0.1) is 7.11 Å². The first-order valence-corrected chi connectivity index (χ1v) is 6.89. The summed E-state index contributed by atoms with van der Waals surface area (Å²) in [6.07, 6.45) is 7.66. The molecule has 0 fully saturated rings. The molecule has 1 atom stereocenters. The van der Waals surface area contributed by atoms with E-state index in [1.807, 2.05) is 12.1 Å². The minimum atomic E-state index is 0.153. The first-order chi connectivity index (χ1) is 8.99. The van der Waals surface area contributed by atoms with Crippen molar-refractivity contribution in [2.24, 2.45) is 5.41 Å². The lowest BCUT2D eigenvalue weighted by Crippen LogP contribution is -2.16. The zero-order valence-electron chi connectivity index (χ0n) is 12.7. The minimum absolute atomic E-state index is 0.153. The predicted molar refractivity (Wildman–Crippen MR) is 83.7 cm³/mol. The number of hydrogen-bond donors (Lipinski definition) is 0. The van der Waals surface area contributed by atoms with Crippen molar-refractivity contribution in [2.45, 2.75) is 40.0 Å². The van der Waals surface area contributed by atoms with Gasteiger partial charge in [-0.1, -0.05) is 36.8 Å². The van der Waals surface area contributed by atoms with Gasteiger partial charge in [-0.05, 0) is 56.2 Å². The average Bonchev–Trinajstić information content (AvgIpc) is 2.39. The van der Waals surface area contributed by atoms with E-state index in [0.29, 0.717) is 0 Å². The molecule has 0 amide bonds. The second-order valence-corrected chi connectivity index (χ2v) is 5.70. The third-order valence-electron chi connectivity index (χ3n) is 3.53. The van der Waals surface area contributed by atoms with E-state index in [-0.39, 0.29) is 5.41 Å². The molecule has 19 heavy (non-hydrogen) atoms. The summed E-state index contributed by atoms with van der Waals surface area (Å²) in [4.78, 5) is 0. The van der Waals surface area contributed by atoms with Gasteiger partial charge in [0, 0.05) is 0 Å². The van der Waals surface area contributed by atoms with Crippen LogP contribution in [0.4, 0.5) is 0 Å². The zero-order valence-corrected chi connectivity index (χ0v) is 12.7. The molecule has 0 saturated heterocycles. The first-order valence-electron chi connectivity index (χ1n) is 6.89. The van der Waals surface area contributed by atoms with Gasteiger partial charge < -0.3 is 4.74 Å². The Morgan fingerprint density at radius 3 is 2.37 bits per heavy atom. The molecule has 1 heteroatoms. The summed E-state index contributed by atoms with van der Waals surface area (Å²) < 4.78 is 5.19. The van der Waals surface area contributed by atoms with Gasteiger partial charge in [0.1, 0.15) is 5.75 Å². The molecule has 1 aromatic carbocycles. The Morgan fingerprint density at radius 2 is 1.89 bits per heavy atom. The maximum absolute atomic E-state index is 5.19. The molecule has 1 aromatic rings. The van der Waals surface area contributed by atoms with E-state index in [9.17, 15) is 0 Å². The molecular formula is C18H26O. The molecule has 0 saturated carbocycles. The fourth-order valence-corrected chi connectivity index (χ4v) is 2.16. The Kier molecular flexibility index (Phi) is 5.88. The SMILES string of the molecule is C=CC(C)(CCC=C(C)C)Cc1ccc(OC)cc1. The van der Waals surface area contributed by atoms with Crippen LogP contribution in [0.1, 0.15) is 39.2 Å².